The Labute approximate surface area is 118 Å². The number of nitrogens with one attached hydrogen (secondary N) is 1. The predicted molar refractivity (Wildman–Crippen MR) is 80.8 cm³/mol. The molecule has 0 amide bonds. The number of benzene rings is 1. The van der Waals surface area contributed by atoms with Gasteiger partial charge in [-0.15, -0.1) is 0 Å². The first-order chi connectivity index (χ1) is 8.88. The molecule has 108 valence electrons. The third-order valence-corrected chi connectivity index (χ3v) is 6.11. The second-order valence-electron chi connectivity index (χ2n) is 4.51. The van der Waals surface area contributed by atoms with Crippen LogP contribution in [0.3, 0.4) is 0 Å². The molecule has 1 aromatic carbocycles. The molecule has 2 atom stereocenters. The van der Waals surface area contributed by atoms with Crippen molar-refractivity contribution >= 4 is 26.3 Å². The summed E-state index contributed by atoms with van der Waals surface area (Å²) in [6.45, 7) is 4.20. The maximum absolute atomic E-state index is 12.1. The van der Waals surface area contributed by atoms with Gasteiger partial charge in [0.15, 0.2) is 9.84 Å². The summed E-state index contributed by atoms with van der Waals surface area (Å²) < 4.78 is 35.6. The standard InChI is InChI=1S/C13H21NO3S2/c1-4-9-19(16,17)13-8-6-5-7-12(13)14-10-11(2)18(3)15/h5-8,11,14H,4,9-10H2,1-3H3. The van der Waals surface area contributed by atoms with E-state index in [0.717, 1.165) is 0 Å². The van der Waals surface area contributed by atoms with Gasteiger partial charge in [-0.3, -0.25) is 4.21 Å². The maximum Gasteiger partial charge on any atom is 0.180 e. The smallest absolute Gasteiger partial charge is 0.180 e. The quantitative estimate of drug-likeness (QED) is 0.837. The van der Waals surface area contributed by atoms with E-state index in [4.69, 9.17) is 0 Å². The zero-order valence-corrected chi connectivity index (χ0v) is 13.2. The highest BCUT2D eigenvalue weighted by Gasteiger charge is 2.17. The zero-order valence-electron chi connectivity index (χ0n) is 11.5. The van der Waals surface area contributed by atoms with Crippen LogP contribution in [0.2, 0.25) is 0 Å². The maximum atomic E-state index is 12.1. The normalized spacial score (nSPS) is 14.9. The minimum atomic E-state index is -3.25. The summed E-state index contributed by atoms with van der Waals surface area (Å²) in [5, 5.41) is 3.06. The van der Waals surface area contributed by atoms with Gasteiger partial charge in [0.2, 0.25) is 0 Å². The first-order valence-corrected chi connectivity index (χ1v) is 9.53. The minimum absolute atomic E-state index is 0.0260. The van der Waals surface area contributed by atoms with Crippen molar-refractivity contribution in [3.8, 4) is 0 Å². The summed E-state index contributed by atoms with van der Waals surface area (Å²) >= 11 is 0. The van der Waals surface area contributed by atoms with Gasteiger partial charge in [-0.05, 0) is 25.5 Å². The van der Waals surface area contributed by atoms with E-state index in [2.05, 4.69) is 5.32 Å². The van der Waals surface area contributed by atoms with Gasteiger partial charge in [-0.2, -0.15) is 0 Å². The van der Waals surface area contributed by atoms with E-state index >= 15 is 0 Å². The molecular weight excluding hydrogens is 282 g/mol. The molecule has 0 spiro atoms. The van der Waals surface area contributed by atoms with Crippen LogP contribution < -0.4 is 5.32 Å². The molecule has 1 N–H and O–H groups in total. The van der Waals surface area contributed by atoms with Crippen LogP contribution in [0, 0.1) is 0 Å². The highest BCUT2D eigenvalue weighted by molar-refractivity contribution is 7.91. The van der Waals surface area contributed by atoms with Crippen molar-refractivity contribution in [1.82, 2.24) is 0 Å². The van der Waals surface area contributed by atoms with E-state index in [-0.39, 0.29) is 11.0 Å². The third-order valence-electron chi connectivity index (χ3n) is 2.84. The fourth-order valence-corrected chi connectivity index (χ4v) is 3.47. The predicted octanol–water partition coefficient (Wildman–Crippen LogP) is 2.05. The summed E-state index contributed by atoms with van der Waals surface area (Å²) in [7, 11) is -4.17. The molecule has 0 aromatic heterocycles. The second kappa shape index (κ2) is 7.05. The molecule has 0 aliphatic carbocycles. The lowest BCUT2D eigenvalue weighted by atomic mass is 10.3. The molecule has 0 heterocycles. The fraction of sp³-hybridized carbons (Fsp3) is 0.538. The SMILES string of the molecule is CCCS(=O)(=O)c1ccccc1NCC(C)S(C)=O. The Bertz CT molecular complexity index is 541. The van der Waals surface area contributed by atoms with E-state index in [1.54, 1.807) is 30.5 Å². The molecule has 2 unspecified atom stereocenters. The van der Waals surface area contributed by atoms with Crippen molar-refractivity contribution < 1.29 is 12.6 Å². The average molecular weight is 303 g/mol. The molecule has 4 nitrogen and oxygen atoms in total. The van der Waals surface area contributed by atoms with Gasteiger partial charge >= 0.3 is 0 Å². The van der Waals surface area contributed by atoms with Crippen LogP contribution in [-0.2, 0) is 20.6 Å². The highest BCUT2D eigenvalue weighted by atomic mass is 32.2. The Kier molecular flexibility index (Phi) is 6.00. The largest absolute Gasteiger partial charge is 0.383 e. The third kappa shape index (κ3) is 4.62. The average Bonchev–Trinajstić information content (AvgIpc) is 2.36. The van der Waals surface area contributed by atoms with Crippen molar-refractivity contribution in [3.05, 3.63) is 24.3 Å². The van der Waals surface area contributed by atoms with E-state index in [1.165, 1.54) is 0 Å². The molecule has 0 saturated heterocycles. The van der Waals surface area contributed by atoms with Crippen LogP contribution in [0.4, 0.5) is 5.69 Å². The van der Waals surface area contributed by atoms with Crippen LogP contribution in [-0.4, -0.2) is 36.4 Å². The lowest BCUT2D eigenvalue weighted by Crippen LogP contribution is -2.21. The number of hydrogen-bond acceptors (Lipinski definition) is 4. The van der Waals surface area contributed by atoms with Crippen molar-refractivity contribution in [1.29, 1.82) is 0 Å². The zero-order chi connectivity index (χ0) is 14.5. The van der Waals surface area contributed by atoms with Crippen molar-refractivity contribution in [2.24, 2.45) is 0 Å². The van der Waals surface area contributed by atoms with Gasteiger partial charge in [0.25, 0.3) is 0 Å². The Morgan fingerprint density at radius 2 is 1.95 bits per heavy atom. The summed E-state index contributed by atoms with van der Waals surface area (Å²) in [6.07, 6.45) is 2.23. The number of rotatable bonds is 7. The topological polar surface area (TPSA) is 63.2 Å². The van der Waals surface area contributed by atoms with Crippen LogP contribution >= 0.6 is 0 Å². The van der Waals surface area contributed by atoms with Crippen molar-refractivity contribution in [3.63, 3.8) is 0 Å². The molecular formula is C13H21NO3S2. The summed E-state index contributed by atoms with van der Waals surface area (Å²) in [4.78, 5) is 0.325. The highest BCUT2D eigenvalue weighted by Crippen LogP contribution is 2.22. The number of anilines is 1. The molecule has 0 saturated carbocycles. The number of para-hydroxylation sites is 1. The molecule has 19 heavy (non-hydrogen) atoms. The molecule has 0 aliphatic rings. The van der Waals surface area contributed by atoms with E-state index in [1.807, 2.05) is 13.8 Å². The minimum Gasteiger partial charge on any atom is -0.383 e. The summed E-state index contributed by atoms with van der Waals surface area (Å²) in [5.41, 5.74) is 0.591. The van der Waals surface area contributed by atoms with Crippen LogP contribution in [0.25, 0.3) is 0 Å². The molecule has 0 radical (unpaired) electrons. The number of hydrogen-bond donors (Lipinski definition) is 1. The lowest BCUT2D eigenvalue weighted by molar-refractivity contribution is 0.595. The Morgan fingerprint density at radius 1 is 1.32 bits per heavy atom. The number of sulfone groups is 1. The van der Waals surface area contributed by atoms with Gasteiger partial charge in [-0.1, -0.05) is 19.1 Å². The van der Waals surface area contributed by atoms with Gasteiger partial charge in [0.1, 0.15) is 0 Å². The monoisotopic (exact) mass is 303 g/mol. The Balaban J connectivity index is 2.94. The first kappa shape index (κ1) is 16.2. The van der Waals surface area contributed by atoms with Crippen molar-refractivity contribution in [2.45, 2.75) is 30.4 Å². The van der Waals surface area contributed by atoms with E-state index in [0.29, 0.717) is 23.5 Å². The molecule has 0 aliphatic heterocycles. The van der Waals surface area contributed by atoms with Gasteiger partial charge in [0, 0.05) is 28.9 Å². The fourth-order valence-electron chi connectivity index (χ4n) is 1.63. The van der Waals surface area contributed by atoms with Crippen LogP contribution in [0.15, 0.2) is 29.2 Å². The molecule has 0 bridgehead atoms. The van der Waals surface area contributed by atoms with Crippen LogP contribution in [0.5, 0.6) is 0 Å². The summed E-state index contributed by atoms with van der Waals surface area (Å²) in [5.74, 6) is 0.140. The van der Waals surface area contributed by atoms with Gasteiger partial charge in [0.05, 0.1) is 16.3 Å². The second-order valence-corrected chi connectivity index (χ2v) is 8.38. The van der Waals surface area contributed by atoms with Gasteiger partial charge < -0.3 is 5.32 Å². The molecule has 6 heteroatoms. The van der Waals surface area contributed by atoms with Crippen LogP contribution in [0.1, 0.15) is 20.3 Å². The molecule has 0 fully saturated rings. The first-order valence-electron chi connectivity index (χ1n) is 6.26. The lowest BCUT2D eigenvalue weighted by Gasteiger charge is -2.14. The Hall–Kier alpha value is -0.880. The Morgan fingerprint density at radius 3 is 2.53 bits per heavy atom. The van der Waals surface area contributed by atoms with E-state index in [9.17, 15) is 12.6 Å². The molecule has 1 aromatic rings. The summed E-state index contributed by atoms with van der Waals surface area (Å²) in [6, 6.07) is 6.87. The van der Waals surface area contributed by atoms with Gasteiger partial charge in [-0.25, -0.2) is 8.42 Å². The van der Waals surface area contributed by atoms with E-state index < -0.39 is 20.6 Å². The molecule has 1 rings (SSSR count). The van der Waals surface area contributed by atoms with Crippen molar-refractivity contribution in [2.75, 3.05) is 23.9 Å².